The molecule has 0 unspecified atom stereocenters. The summed E-state index contributed by atoms with van der Waals surface area (Å²) in [5, 5.41) is 0. The molecule has 114 valence electrons. The Morgan fingerprint density at radius 1 is 1.40 bits per heavy atom. The molecule has 0 aromatic heterocycles. The normalized spacial score (nSPS) is 22.7. The molecule has 0 aromatic rings. The van der Waals surface area contributed by atoms with Crippen molar-refractivity contribution in [2.75, 3.05) is 13.2 Å². The van der Waals surface area contributed by atoms with Crippen molar-refractivity contribution in [3.8, 4) is 0 Å². The fourth-order valence-corrected chi connectivity index (χ4v) is 2.19. The van der Waals surface area contributed by atoms with E-state index in [1.54, 1.807) is 6.08 Å². The summed E-state index contributed by atoms with van der Waals surface area (Å²) in [5.74, 6) is -0.491. The predicted octanol–water partition coefficient (Wildman–Crippen LogP) is 4.09. The van der Waals surface area contributed by atoms with Gasteiger partial charge in [0.2, 0.25) is 0 Å². The number of ether oxygens (including phenoxy) is 2. The lowest BCUT2D eigenvalue weighted by Gasteiger charge is -2.36. The quantitative estimate of drug-likeness (QED) is 0.708. The topological polar surface area (TPSA) is 21.7 Å². The molecule has 3 heteroatoms. The number of allylic oxidation sites excluding steroid dienone is 4. The molecule has 0 spiro atoms. The SMILES string of the molecule is C=C/C=C(\C)N(C[C@@H]1COC(C)(C)O1)C(=C)C(C)(C)C. The molecule has 1 saturated heterocycles. The van der Waals surface area contributed by atoms with Crippen molar-refractivity contribution in [3.05, 3.63) is 36.7 Å². The van der Waals surface area contributed by atoms with Crippen molar-refractivity contribution in [2.24, 2.45) is 5.41 Å². The van der Waals surface area contributed by atoms with Crippen LogP contribution < -0.4 is 0 Å². The maximum atomic E-state index is 5.91. The van der Waals surface area contributed by atoms with E-state index >= 15 is 0 Å². The Labute approximate surface area is 123 Å². The number of rotatable bonds is 5. The van der Waals surface area contributed by atoms with Gasteiger partial charge in [0, 0.05) is 16.8 Å². The molecule has 0 radical (unpaired) electrons. The highest BCUT2D eigenvalue weighted by Crippen LogP contribution is 2.31. The Bertz CT molecular complexity index is 402. The third kappa shape index (κ3) is 4.50. The molecular weight excluding hydrogens is 250 g/mol. The Kier molecular flexibility index (Phi) is 5.22. The van der Waals surface area contributed by atoms with Gasteiger partial charge in [0.15, 0.2) is 5.79 Å². The zero-order valence-electron chi connectivity index (χ0n) is 13.8. The van der Waals surface area contributed by atoms with Gasteiger partial charge < -0.3 is 14.4 Å². The largest absolute Gasteiger partial charge is 0.348 e. The number of hydrogen-bond acceptors (Lipinski definition) is 3. The van der Waals surface area contributed by atoms with Crippen molar-refractivity contribution in [3.63, 3.8) is 0 Å². The van der Waals surface area contributed by atoms with Crippen LogP contribution in [0.1, 0.15) is 41.5 Å². The highest BCUT2D eigenvalue weighted by atomic mass is 16.7. The zero-order valence-corrected chi connectivity index (χ0v) is 13.8. The minimum Gasteiger partial charge on any atom is -0.348 e. The van der Waals surface area contributed by atoms with Gasteiger partial charge in [-0.25, -0.2) is 0 Å². The highest BCUT2D eigenvalue weighted by molar-refractivity contribution is 5.17. The van der Waals surface area contributed by atoms with Crippen LogP contribution in [0.3, 0.4) is 0 Å². The molecule has 0 aliphatic carbocycles. The van der Waals surface area contributed by atoms with Crippen molar-refractivity contribution < 1.29 is 9.47 Å². The second kappa shape index (κ2) is 6.15. The molecule has 1 aliphatic heterocycles. The van der Waals surface area contributed by atoms with E-state index in [1.807, 2.05) is 19.9 Å². The van der Waals surface area contributed by atoms with Gasteiger partial charge in [-0.15, -0.1) is 0 Å². The Hall–Kier alpha value is -1.06. The summed E-state index contributed by atoms with van der Waals surface area (Å²) >= 11 is 0. The Balaban J connectivity index is 2.87. The maximum absolute atomic E-state index is 5.91. The predicted molar refractivity (Wildman–Crippen MR) is 84.2 cm³/mol. The van der Waals surface area contributed by atoms with Crippen LogP contribution in [-0.4, -0.2) is 29.9 Å². The summed E-state index contributed by atoms with van der Waals surface area (Å²) in [7, 11) is 0. The van der Waals surface area contributed by atoms with E-state index in [1.165, 1.54) is 0 Å². The van der Waals surface area contributed by atoms with Crippen molar-refractivity contribution in [2.45, 2.75) is 53.4 Å². The van der Waals surface area contributed by atoms with E-state index in [4.69, 9.17) is 9.47 Å². The Morgan fingerprint density at radius 2 is 2.00 bits per heavy atom. The zero-order chi connectivity index (χ0) is 15.6. The van der Waals surface area contributed by atoms with Gasteiger partial charge in [0.05, 0.1) is 13.2 Å². The van der Waals surface area contributed by atoms with Crippen LogP contribution in [0.4, 0.5) is 0 Å². The van der Waals surface area contributed by atoms with E-state index in [0.717, 1.165) is 17.9 Å². The smallest absolute Gasteiger partial charge is 0.163 e. The van der Waals surface area contributed by atoms with Gasteiger partial charge in [0.25, 0.3) is 0 Å². The second-order valence-corrected chi connectivity index (χ2v) is 6.80. The van der Waals surface area contributed by atoms with Crippen LogP contribution in [0.2, 0.25) is 0 Å². The second-order valence-electron chi connectivity index (χ2n) is 6.80. The van der Waals surface area contributed by atoms with Gasteiger partial charge in [0.1, 0.15) is 6.10 Å². The first-order valence-electron chi connectivity index (χ1n) is 7.15. The molecule has 3 nitrogen and oxygen atoms in total. The molecule has 0 N–H and O–H groups in total. The third-order valence-corrected chi connectivity index (χ3v) is 3.43. The Morgan fingerprint density at radius 3 is 2.40 bits per heavy atom. The lowest BCUT2D eigenvalue weighted by atomic mass is 9.91. The summed E-state index contributed by atoms with van der Waals surface area (Å²) in [6.07, 6.45) is 3.85. The average molecular weight is 279 g/mol. The van der Waals surface area contributed by atoms with Crippen molar-refractivity contribution in [1.29, 1.82) is 0 Å². The number of hydrogen-bond donors (Lipinski definition) is 0. The van der Waals surface area contributed by atoms with Crippen LogP contribution in [0.15, 0.2) is 36.7 Å². The minimum atomic E-state index is -0.491. The van der Waals surface area contributed by atoms with Crippen LogP contribution in [0, 0.1) is 5.41 Å². The highest BCUT2D eigenvalue weighted by Gasteiger charge is 2.35. The summed E-state index contributed by atoms with van der Waals surface area (Å²) in [6.45, 7) is 21.9. The molecule has 0 amide bonds. The van der Waals surface area contributed by atoms with E-state index in [2.05, 4.69) is 45.8 Å². The first-order chi connectivity index (χ1) is 9.07. The van der Waals surface area contributed by atoms with E-state index in [-0.39, 0.29) is 11.5 Å². The van der Waals surface area contributed by atoms with Gasteiger partial charge in [-0.05, 0) is 26.8 Å². The first-order valence-corrected chi connectivity index (χ1v) is 7.15. The van der Waals surface area contributed by atoms with Crippen LogP contribution in [0.25, 0.3) is 0 Å². The van der Waals surface area contributed by atoms with Crippen molar-refractivity contribution in [1.82, 2.24) is 4.90 Å². The van der Waals surface area contributed by atoms with Crippen LogP contribution in [-0.2, 0) is 9.47 Å². The monoisotopic (exact) mass is 279 g/mol. The van der Waals surface area contributed by atoms with Gasteiger partial charge in [-0.1, -0.05) is 40.0 Å². The summed E-state index contributed by atoms with van der Waals surface area (Å²) < 4.78 is 11.6. The summed E-state index contributed by atoms with van der Waals surface area (Å²) in [5.41, 5.74) is 2.19. The fraction of sp³-hybridized carbons (Fsp3) is 0.647. The molecule has 1 fully saturated rings. The third-order valence-electron chi connectivity index (χ3n) is 3.43. The van der Waals surface area contributed by atoms with E-state index in [9.17, 15) is 0 Å². The molecular formula is C17H29NO2. The molecule has 1 heterocycles. The van der Waals surface area contributed by atoms with E-state index < -0.39 is 5.79 Å². The fourth-order valence-electron chi connectivity index (χ4n) is 2.19. The molecule has 20 heavy (non-hydrogen) atoms. The lowest BCUT2D eigenvalue weighted by molar-refractivity contribution is -0.139. The molecule has 0 aromatic carbocycles. The van der Waals surface area contributed by atoms with Gasteiger partial charge in [-0.2, -0.15) is 0 Å². The van der Waals surface area contributed by atoms with E-state index in [0.29, 0.717) is 6.61 Å². The summed E-state index contributed by atoms with van der Waals surface area (Å²) in [4.78, 5) is 2.21. The van der Waals surface area contributed by atoms with Crippen molar-refractivity contribution >= 4 is 0 Å². The van der Waals surface area contributed by atoms with Crippen LogP contribution in [0.5, 0.6) is 0 Å². The molecule has 0 bridgehead atoms. The average Bonchev–Trinajstić information content (AvgIpc) is 2.64. The molecule has 1 aliphatic rings. The standard InChI is InChI=1S/C17H29NO2/c1-9-10-13(2)18(14(3)16(4,5)6)11-15-12-19-17(7,8)20-15/h9-10,15H,1,3,11-12H2,2,4-8H3/b13-10+/t15-/m1/s1. The van der Waals surface area contributed by atoms with Gasteiger partial charge in [-0.3, -0.25) is 0 Å². The van der Waals surface area contributed by atoms with Gasteiger partial charge >= 0.3 is 0 Å². The first kappa shape index (κ1) is 17.0. The lowest BCUT2D eigenvalue weighted by Crippen LogP contribution is -2.36. The maximum Gasteiger partial charge on any atom is 0.163 e. The summed E-state index contributed by atoms with van der Waals surface area (Å²) in [6, 6.07) is 0. The minimum absolute atomic E-state index is 0.00521. The molecule has 1 rings (SSSR count). The molecule has 1 atom stereocenters. The van der Waals surface area contributed by atoms with Crippen LogP contribution >= 0.6 is 0 Å². The molecule has 0 saturated carbocycles. The number of nitrogens with zero attached hydrogens (tertiary/aromatic N) is 1.